The fraction of sp³-hybridized carbons (Fsp3) is 0.400. The number of rotatable bonds is 2. The molecule has 0 unspecified atom stereocenters. The average molecular weight is 283 g/mol. The Kier molecular flexibility index (Phi) is 3.30. The SMILES string of the molecule is CC1(C)OB(c2ccnc(-c3ccncc3)n2)OC1(C)C. The Labute approximate surface area is 124 Å². The van der Waals surface area contributed by atoms with Gasteiger partial charge in [0.05, 0.1) is 16.8 Å². The van der Waals surface area contributed by atoms with E-state index in [1.807, 2.05) is 45.9 Å². The molecule has 0 N–H and O–H groups in total. The zero-order chi connectivity index (χ0) is 15.1. The molecule has 0 aromatic carbocycles. The highest BCUT2D eigenvalue weighted by Crippen LogP contribution is 2.36. The molecule has 1 aliphatic rings. The lowest BCUT2D eigenvalue weighted by molar-refractivity contribution is 0.00578. The van der Waals surface area contributed by atoms with Crippen LogP contribution in [-0.4, -0.2) is 33.3 Å². The summed E-state index contributed by atoms with van der Waals surface area (Å²) < 4.78 is 12.0. The van der Waals surface area contributed by atoms with E-state index in [4.69, 9.17) is 9.31 Å². The Hall–Kier alpha value is -1.79. The van der Waals surface area contributed by atoms with Crippen LogP contribution < -0.4 is 5.59 Å². The normalized spacial score (nSPS) is 19.7. The van der Waals surface area contributed by atoms with Crippen LogP contribution in [0.4, 0.5) is 0 Å². The smallest absolute Gasteiger partial charge is 0.398 e. The van der Waals surface area contributed by atoms with Crippen molar-refractivity contribution in [1.82, 2.24) is 15.0 Å². The summed E-state index contributed by atoms with van der Waals surface area (Å²) in [6, 6.07) is 5.58. The largest absolute Gasteiger partial charge is 0.514 e. The Morgan fingerprint density at radius 2 is 1.52 bits per heavy atom. The molecule has 0 saturated carbocycles. The molecule has 3 heterocycles. The van der Waals surface area contributed by atoms with E-state index in [2.05, 4.69) is 15.0 Å². The lowest BCUT2D eigenvalue weighted by Crippen LogP contribution is -2.41. The highest BCUT2D eigenvalue weighted by molar-refractivity contribution is 6.61. The molecule has 2 aromatic heterocycles. The molecule has 0 aliphatic carbocycles. The standard InChI is InChI=1S/C15H18BN3O2/c1-14(2)15(3,4)21-16(20-14)12-7-10-18-13(19-12)11-5-8-17-9-6-11/h5-10H,1-4H3. The van der Waals surface area contributed by atoms with E-state index in [1.165, 1.54) is 0 Å². The zero-order valence-electron chi connectivity index (χ0n) is 12.7. The minimum atomic E-state index is -0.474. The fourth-order valence-corrected chi connectivity index (χ4v) is 2.11. The minimum absolute atomic E-state index is 0.376. The molecule has 6 heteroatoms. The maximum absolute atomic E-state index is 6.02. The van der Waals surface area contributed by atoms with Gasteiger partial charge >= 0.3 is 7.12 Å². The Bertz CT molecular complexity index is 630. The summed E-state index contributed by atoms with van der Waals surface area (Å²) in [6.07, 6.45) is 5.17. The van der Waals surface area contributed by atoms with Gasteiger partial charge in [0.2, 0.25) is 0 Å². The van der Waals surface area contributed by atoms with Crippen LogP contribution in [0.3, 0.4) is 0 Å². The van der Waals surface area contributed by atoms with E-state index < -0.39 is 7.12 Å². The van der Waals surface area contributed by atoms with Crippen molar-refractivity contribution in [3.8, 4) is 11.4 Å². The van der Waals surface area contributed by atoms with E-state index >= 15 is 0 Å². The van der Waals surface area contributed by atoms with E-state index in [1.54, 1.807) is 18.6 Å². The fourth-order valence-electron chi connectivity index (χ4n) is 2.11. The van der Waals surface area contributed by atoms with Gasteiger partial charge in [-0.2, -0.15) is 0 Å². The highest BCUT2D eigenvalue weighted by Gasteiger charge is 2.52. The first-order valence-electron chi connectivity index (χ1n) is 6.98. The average Bonchev–Trinajstić information content (AvgIpc) is 2.69. The van der Waals surface area contributed by atoms with Crippen molar-refractivity contribution in [3.63, 3.8) is 0 Å². The molecule has 1 saturated heterocycles. The summed E-state index contributed by atoms with van der Waals surface area (Å²) in [6.45, 7) is 8.10. The maximum atomic E-state index is 6.02. The van der Waals surface area contributed by atoms with E-state index in [0.717, 1.165) is 11.2 Å². The van der Waals surface area contributed by atoms with E-state index in [0.29, 0.717) is 5.82 Å². The Morgan fingerprint density at radius 1 is 0.905 bits per heavy atom. The number of pyridine rings is 1. The van der Waals surface area contributed by atoms with Crippen molar-refractivity contribution in [2.75, 3.05) is 0 Å². The summed E-state index contributed by atoms with van der Waals surface area (Å²) in [5, 5.41) is 0. The van der Waals surface area contributed by atoms with E-state index in [-0.39, 0.29) is 11.2 Å². The highest BCUT2D eigenvalue weighted by atomic mass is 16.7. The van der Waals surface area contributed by atoms with Gasteiger partial charge in [-0.1, -0.05) is 0 Å². The first-order chi connectivity index (χ1) is 9.89. The molecule has 21 heavy (non-hydrogen) atoms. The second-order valence-electron chi connectivity index (χ2n) is 6.13. The number of hydrogen-bond donors (Lipinski definition) is 0. The third-order valence-electron chi connectivity index (χ3n) is 4.11. The summed E-state index contributed by atoms with van der Waals surface area (Å²) in [4.78, 5) is 12.9. The topological polar surface area (TPSA) is 57.1 Å². The van der Waals surface area contributed by atoms with Crippen LogP contribution in [0.5, 0.6) is 0 Å². The molecule has 1 aliphatic heterocycles. The molecule has 0 bridgehead atoms. The lowest BCUT2D eigenvalue weighted by atomic mass is 9.84. The van der Waals surface area contributed by atoms with Crippen molar-refractivity contribution >= 4 is 12.7 Å². The van der Waals surface area contributed by atoms with Crippen molar-refractivity contribution < 1.29 is 9.31 Å². The van der Waals surface area contributed by atoms with E-state index in [9.17, 15) is 0 Å². The molecular weight excluding hydrogens is 265 g/mol. The van der Waals surface area contributed by atoms with Crippen LogP contribution in [0, 0.1) is 0 Å². The van der Waals surface area contributed by atoms with Crippen LogP contribution in [-0.2, 0) is 9.31 Å². The molecule has 2 aromatic rings. The van der Waals surface area contributed by atoms with Crippen molar-refractivity contribution in [2.45, 2.75) is 38.9 Å². The van der Waals surface area contributed by atoms with Crippen molar-refractivity contribution in [3.05, 3.63) is 36.8 Å². The molecule has 3 rings (SSSR count). The zero-order valence-corrected chi connectivity index (χ0v) is 12.7. The monoisotopic (exact) mass is 283 g/mol. The molecular formula is C15H18BN3O2. The Balaban J connectivity index is 1.92. The number of nitrogens with zero attached hydrogens (tertiary/aromatic N) is 3. The van der Waals surface area contributed by atoms with Crippen LogP contribution >= 0.6 is 0 Å². The van der Waals surface area contributed by atoms with Gasteiger partial charge in [-0.05, 0) is 45.9 Å². The first-order valence-corrected chi connectivity index (χ1v) is 6.98. The summed E-state index contributed by atoms with van der Waals surface area (Å²) in [5.41, 5.74) is 0.901. The predicted octanol–water partition coefficient (Wildman–Crippen LogP) is 1.84. The van der Waals surface area contributed by atoms with Gasteiger partial charge in [0.1, 0.15) is 0 Å². The second kappa shape index (κ2) is 4.89. The quantitative estimate of drug-likeness (QED) is 0.787. The molecule has 0 spiro atoms. The summed E-state index contributed by atoms with van der Waals surface area (Å²) in [5.74, 6) is 0.643. The van der Waals surface area contributed by atoms with Crippen LogP contribution in [0.25, 0.3) is 11.4 Å². The molecule has 0 atom stereocenters. The molecule has 0 radical (unpaired) electrons. The maximum Gasteiger partial charge on any atom is 0.514 e. The van der Waals surface area contributed by atoms with Crippen molar-refractivity contribution in [2.24, 2.45) is 0 Å². The minimum Gasteiger partial charge on any atom is -0.398 e. The molecule has 5 nitrogen and oxygen atoms in total. The molecule has 1 fully saturated rings. The van der Waals surface area contributed by atoms with Crippen LogP contribution in [0.1, 0.15) is 27.7 Å². The summed E-state index contributed by atoms with van der Waals surface area (Å²) >= 11 is 0. The van der Waals surface area contributed by atoms with Crippen LogP contribution in [0.2, 0.25) is 0 Å². The molecule has 0 amide bonds. The van der Waals surface area contributed by atoms with Gasteiger partial charge in [-0.25, -0.2) is 9.97 Å². The summed E-state index contributed by atoms with van der Waals surface area (Å²) in [7, 11) is -0.474. The Morgan fingerprint density at radius 3 is 2.14 bits per heavy atom. The van der Waals surface area contributed by atoms with Crippen molar-refractivity contribution in [1.29, 1.82) is 0 Å². The lowest BCUT2D eigenvalue weighted by Gasteiger charge is -2.32. The number of hydrogen-bond acceptors (Lipinski definition) is 5. The first kappa shape index (κ1) is 14.2. The van der Waals surface area contributed by atoms with Gasteiger partial charge in [0.25, 0.3) is 0 Å². The van der Waals surface area contributed by atoms with Gasteiger partial charge in [-0.3, -0.25) is 4.98 Å². The van der Waals surface area contributed by atoms with Gasteiger partial charge in [0, 0.05) is 24.2 Å². The predicted molar refractivity (Wildman–Crippen MR) is 81.0 cm³/mol. The van der Waals surface area contributed by atoms with Crippen LogP contribution in [0.15, 0.2) is 36.8 Å². The number of aromatic nitrogens is 3. The molecule has 108 valence electrons. The van der Waals surface area contributed by atoms with Gasteiger partial charge in [0.15, 0.2) is 5.82 Å². The van der Waals surface area contributed by atoms with Gasteiger partial charge in [-0.15, -0.1) is 0 Å². The third-order valence-corrected chi connectivity index (χ3v) is 4.11. The van der Waals surface area contributed by atoms with Gasteiger partial charge < -0.3 is 9.31 Å². The third kappa shape index (κ3) is 2.56. The second-order valence-corrected chi connectivity index (χ2v) is 6.13.